The first kappa shape index (κ1) is 20.1. The summed E-state index contributed by atoms with van der Waals surface area (Å²) in [5.41, 5.74) is 2.61. The zero-order valence-corrected chi connectivity index (χ0v) is 16.2. The molecule has 0 bridgehead atoms. The van der Waals surface area contributed by atoms with Crippen LogP contribution < -0.4 is 10.0 Å². The van der Waals surface area contributed by atoms with Crippen LogP contribution in [0.5, 0.6) is 0 Å². The molecule has 1 atom stereocenters. The second kappa shape index (κ2) is 8.17. The van der Waals surface area contributed by atoms with Crippen molar-refractivity contribution in [3.63, 3.8) is 0 Å². The van der Waals surface area contributed by atoms with Gasteiger partial charge in [-0.3, -0.25) is 0 Å². The van der Waals surface area contributed by atoms with E-state index in [-0.39, 0.29) is 17.2 Å². The maximum Gasteiger partial charge on any atom is 0.282 e. The van der Waals surface area contributed by atoms with Crippen LogP contribution in [0.4, 0.5) is 14.5 Å². The van der Waals surface area contributed by atoms with Gasteiger partial charge in [0.15, 0.2) is 0 Å². The van der Waals surface area contributed by atoms with Crippen LogP contribution in [-0.4, -0.2) is 33.2 Å². The molecule has 2 aromatic carbocycles. The highest BCUT2D eigenvalue weighted by Crippen LogP contribution is 2.30. The molecule has 1 unspecified atom stereocenters. The Morgan fingerprint density at radius 1 is 1.18 bits per heavy atom. The van der Waals surface area contributed by atoms with E-state index in [0.717, 1.165) is 5.69 Å². The number of aromatic nitrogens is 2. The molecule has 0 aliphatic carbocycles. The average Bonchev–Trinajstić information content (AvgIpc) is 3.13. The number of benzene rings is 2. The smallest absolute Gasteiger partial charge is 0.282 e. The third-order valence-corrected chi connectivity index (χ3v) is 5.14. The van der Waals surface area contributed by atoms with Crippen LogP contribution in [0.25, 0.3) is 16.9 Å². The Balaban J connectivity index is 2.14. The van der Waals surface area contributed by atoms with Crippen molar-refractivity contribution in [2.75, 3.05) is 19.0 Å². The third kappa shape index (κ3) is 3.96. The second-order valence-electron chi connectivity index (χ2n) is 6.36. The molecule has 0 spiro atoms. The van der Waals surface area contributed by atoms with E-state index in [0.29, 0.717) is 22.5 Å². The molecule has 3 rings (SSSR count). The van der Waals surface area contributed by atoms with Crippen molar-refractivity contribution < 1.29 is 18.1 Å². The number of alkyl halides is 2. The molecule has 0 radical (unpaired) electrons. The Kier molecular flexibility index (Phi) is 5.87. The van der Waals surface area contributed by atoms with Gasteiger partial charge in [0, 0.05) is 25.3 Å². The van der Waals surface area contributed by atoms with E-state index in [4.69, 9.17) is 5.14 Å². The van der Waals surface area contributed by atoms with Crippen molar-refractivity contribution >= 4 is 16.7 Å². The predicted octanol–water partition coefficient (Wildman–Crippen LogP) is 3.02. The minimum atomic E-state index is -2.73. The molecule has 6 nitrogen and oxygen atoms in total. The van der Waals surface area contributed by atoms with Crippen molar-refractivity contribution in [2.45, 2.75) is 17.9 Å². The van der Waals surface area contributed by atoms with Gasteiger partial charge in [0.25, 0.3) is 6.43 Å². The molecular formula is C19H20F2N4O2S. The monoisotopic (exact) mass is 406 g/mol. The van der Waals surface area contributed by atoms with Gasteiger partial charge < -0.3 is 10.0 Å². The highest BCUT2D eigenvalue weighted by atomic mass is 32.2. The van der Waals surface area contributed by atoms with Crippen LogP contribution in [0.2, 0.25) is 0 Å². The SMILES string of the molecule is CN(C)c1ccc(-c2cc(C(F)F)nn2-c2ccc(S(N)=O)c(CO)c2)cc1. The van der Waals surface area contributed by atoms with Crippen molar-refractivity contribution in [2.24, 2.45) is 5.14 Å². The molecule has 3 N–H and O–H groups in total. The summed E-state index contributed by atoms with van der Waals surface area (Å²) in [6.07, 6.45) is -2.73. The molecule has 0 aliphatic rings. The highest BCUT2D eigenvalue weighted by Gasteiger charge is 2.19. The number of anilines is 1. The number of aliphatic hydroxyl groups is 1. The van der Waals surface area contributed by atoms with E-state index in [1.165, 1.54) is 16.8 Å². The molecule has 0 amide bonds. The molecule has 148 valence electrons. The highest BCUT2D eigenvalue weighted by molar-refractivity contribution is 7.82. The zero-order valence-electron chi connectivity index (χ0n) is 15.3. The summed E-state index contributed by atoms with van der Waals surface area (Å²) < 4.78 is 39.6. The van der Waals surface area contributed by atoms with Gasteiger partial charge in [0.2, 0.25) is 0 Å². The molecule has 1 aromatic heterocycles. The summed E-state index contributed by atoms with van der Waals surface area (Å²) in [4.78, 5) is 2.22. The summed E-state index contributed by atoms with van der Waals surface area (Å²) >= 11 is 0. The van der Waals surface area contributed by atoms with Crippen LogP contribution in [0.15, 0.2) is 53.4 Å². The first-order valence-electron chi connectivity index (χ1n) is 8.38. The minimum Gasteiger partial charge on any atom is -0.392 e. The van der Waals surface area contributed by atoms with E-state index in [1.807, 2.05) is 43.3 Å². The lowest BCUT2D eigenvalue weighted by atomic mass is 10.1. The zero-order chi connectivity index (χ0) is 20.4. The lowest BCUT2D eigenvalue weighted by Gasteiger charge is -2.14. The van der Waals surface area contributed by atoms with Gasteiger partial charge in [-0.15, -0.1) is 0 Å². The van der Waals surface area contributed by atoms with Crippen molar-refractivity contribution in [1.29, 1.82) is 0 Å². The summed E-state index contributed by atoms with van der Waals surface area (Å²) in [5, 5.41) is 19.0. The van der Waals surface area contributed by atoms with Crippen molar-refractivity contribution in [3.05, 3.63) is 59.8 Å². The second-order valence-corrected chi connectivity index (χ2v) is 7.39. The molecule has 0 fully saturated rings. The number of aliphatic hydroxyl groups excluding tert-OH is 1. The van der Waals surface area contributed by atoms with Gasteiger partial charge in [-0.2, -0.15) is 5.10 Å². The Bertz CT molecular complexity index is 1000. The molecule has 0 aliphatic heterocycles. The molecule has 28 heavy (non-hydrogen) atoms. The Labute approximate surface area is 163 Å². The van der Waals surface area contributed by atoms with Crippen molar-refractivity contribution in [1.82, 2.24) is 9.78 Å². The predicted molar refractivity (Wildman–Crippen MR) is 105 cm³/mol. The molecule has 1 heterocycles. The largest absolute Gasteiger partial charge is 0.392 e. The molecule has 9 heteroatoms. The standard InChI is InChI=1S/C19H20F2N4O2S/c1-24(2)14-5-3-12(4-6-14)17-10-16(19(20)21)23-25(17)15-7-8-18(28(22)27)13(9-15)11-26/h3-10,19,26H,11,22H2,1-2H3. The summed E-state index contributed by atoms with van der Waals surface area (Å²) in [7, 11) is 2.05. The van der Waals surface area contributed by atoms with Crippen LogP contribution in [0, 0.1) is 0 Å². The van der Waals surface area contributed by atoms with E-state index < -0.39 is 17.4 Å². The van der Waals surface area contributed by atoms with E-state index in [1.54, 1.807) is 12.1 Å². The van der Waals surface area contributed by atoms with Crippen LogP contribution >= 0.6 is 0 Å². The van der Waals surface area contributed by atoms with Crippen LogP contribution in [-0.2, 0) is 17.6 Å². The van der Waals surface area contributed by atoms with Gasteiger partial charge in [0.05, 0.1) is 22.9 Å². The van der Waals surface area contributed by atoms with E-state index >= 15 is 0 Å². The number of hydrogen-bond donors (Lipinski definition) is 2. The molecule has 0 saturated heterocycles. The first-order chi connectivity index (χ1) is 13.3. The minimum absolute atomic E-state index is 0.282. The van der Waals surface area contributed by atoms with Crippen LogP contribution in [0.1, 0.15) is 17.7 Å². The summed E-state index contributed by atoms with van der Waals surface area (Å²) in [6, 6.07) is 13.4. The number of nitrogens with two attached hydrogens (primary N) is 1. The van der Waals surface area contributed by atoms with Crippen LogP contribution in [0.3, 0.4) is 0 Å². The quantitative estimate of drug-likeness (QED) is 0.659. The van der Waals surface area contributed by atoms with Gasteiger partial charge in [-0.25, -0.2) is 22.8 Å². The van der Waals surface area contributed by atoms with Crippen molar-refractivity contribution in [3.8, 4) is 16.9 Å². The van der Waals surface area contributed by atoms with Gasteiger partial charge in [-0.05, 0) is 42.0 Å². The lowest BCUT2D eigenvalue weighted by molar-refractivity contribution is 0.145. The topological polar surface area (TPSA) is 84.4 Å². The Morgan fingerprint density at radius 3 is 2.39 bits per heavy atom. The molecule has 3 aromatic rings. The maximum atomic E-state index is 13.3. The normalized spacial score (nSPS) is 12.4. The number of halogens is 2. The molecular weight excluding hydrogens is 386 g/mol. The molecule has 0 saturated carbocycles. The first-order valence-corrected chi connectivity index (χ1v) is 9.59. The van der Waals surface area contributed by atoms with E-state index in [9.17, 15) is 18.1 Å². The Morgan fingerprint density at radius 2 is 1.86 bits per heavy atom. The fraction of sp³-hybridized carbons (Fsp3) is 0.211. The van der Waals surface area contributed by atoms with Gasteiger partial charge in [-0.1, -0.05) is 12.1 Å². The van der Waals surface area contributed by atoms with Gasteiger partial charge in [0.1, 0.15) is 16.7 Å². The van der Waals surface area contributed by atoms with E-state index in [2.05, 4.69) is 5.10 Å². The Hall–Kier alpha value is -2.62. The number of hydrogen-bond acceptors (Lipinski definition) is 4. The fourth-order valence-corrected chi connectivity index (χ4v) is 3.44. The maximum absolute atomic E-state index is 13.3. The third-order valence-electron chi connectivity index (χ3n) is 4.31. The summed E-state index contributed by atoms with van der Waals surface area (Å²) in [6.45, 7) is -0.387. The lowest BCUT2D eigenvalue weighted by Crippen LogP contribution is -2.09. The number of rotatable bonds is 6. The average molecular weight is 406 g/mol. The number of nitrogens with zero attached hydrogens (tertiary/aromatic N) is 3. The van der Waals surface area contributed by atoms with Gasteiger partial charge >= 0.3 is 0 Å². The summed E-state index contributed by atoms with van der Waals surface area (Å²) in [5.74, 6) is 0. The fourth-order valence-electron chi connectivity index (χ4n) is 2.86.